The predicted molar refractivity (Wildman–Crippen MR) is 70.7 cm³/mol. The van der Waals surface area contributed by atoms with Crippen molar-refractivity contribution in [3.63, 3.8) is 0 Å². The summed E-state index contributed by atoms with van der Waals surface area (Å²) in [5, 5.41) is 7.50. The van der Waals surface area contributed by atoms with Gasteiger partial charge in [0.05, 0.1) is 11.3 Å². The van der Waals surface area contributed by atoms with Crippen LogP contribution >= 0.6 is 0 Å². The highest BCUT2D eigenvalue weighted by molar-refractivity contribution is 7.92. The molecule has 1 rings (SSSR count). The average molecular weight is 310 g/mol. The summed E-state index contributed by atoms with van der Waals surface area (Å²) in [6.07, 6.45) is 1.17. The molecule has 19 heavy (non-hydrogen) atoms. The second-order valence-electron chi connectivity index (χ2n) is 4.90. The standard InChI is InChI=1S/C10H18N2O5S2/c1-10(2,18(3,13)14)7-12-6-8-4-5-9(17-8)19(11,15)16/h4-5,12H,6-7H2,1-3H3,(H2,11,15,16). The first-order valence-electron chi connectivity index (χ1n) is 5.45. The smallest absolute Gasteiger partial charge is 0.271 e. The molecule has 9 heteroatoms. The topological polar surface area (TPSA) is 119 Å². The molecule has 0 aliphatic carbocycles. The van der Waals surface area contributed by atoms with Gasteiger partial charge in [-0.3, -0.25) is 0 Å². The molecule has 0 atom stereocenters. The Bertz CT molecular complexity index is 643. The van der Waals surface area contributed by atoms with Gasteiger partial charge in [-0.1, -0.05) is 0 Å². The lowest BCUT2D eigenvalue weighted by Gasteiger charge is -2.22. The molecule has 0 fully saturated rings. The molecule has 0 unspecified atom stereocenters. The van der Waals surface area contributed by atoms with Gasteiger partial charge in [-0.2, -0.15) is 0 Å². The van der Waals surface area contributed by atoms with Crippen molar-refractivity contribution in [1.29, 1.82) is 0 Å². The van der Waals surface area contributed by atoms with Gasteiger partial charge in [0.1, 0.15) is 5.76 Å². The maximum absolute atomic E-state index is 11.5. The number of hydrogen-bond donors (Lipinski definition) is 2. The van der Waals surface area contributed by atoms with Gasteiger partial charge in [0, 0.05) is 12.8 Å². The predicted octanol–water partition coefficient (Wildman–Crippen LogP) is -0.160. The molecular formula is C10H18N2O5S2. The van der Waals surface area contributed by atoms with Gasteiger partial charge < -0.3 is 9.73 Å². The summed E-state index contributed by atoms with van der Waals surface area (Å²) in [6.45, 7) is 3.65. The van der Waals surface area contributed by atoms with E-state index in [-0.39, 0.29) is 18.2 Å². The molecule has 0 spiro atoms. The molecule has 0 aliphatic rings. The molecule has 1 aromatic rings. The molecule has 1 heterocycles. The molecule has 0 aromatic carbocycles. The Labute approximate surface area is 113 Å². The van der Waals surface area contributed by atoms with Crippen LogP contribution in [0.5, 0.6) is 0 Å². The van der Waals surface area contributed by atoms with Gasteiger partial charge >= 0.3 is 0 Å². The number of furan rings is 1. The van der Waals surface area contributed by atoms with Crippen molar-refractivity contribution < 1.29 is 21.3 Å². The van der Waals surface area contributed by atoms with Crippen LogP contribution < -0.4 is 10.5 Å². The van der Waals surface area contributed by atoms with Crippen molar-refractivity contribution in [3.05, 3.63) is 17.9 Å². The molecule has 3 N–H and O–H groups in total. The quantitative estimate of drug-likeness (QED) is 0.753. The minimum Gasteiger partial charge on any atom is -0.447 e. The summed E-state index contributed by atoms with van der Waals surface area (Å²) in [5.74, 6) is 0.369. The number of primary sulfonamides is 1. The van der Waals surface area contributed by atoms with Gasteiger partial charge in [-0.25, -0.2) is 22.0 Å². The summed E-state index contributed by atoms with van der Waals surface area (Å²) in [7, 11) is -7.03. The molecule has 0 bridgehead atoms. The van der Waals surface area contributed by atoms with Gasteiger partial charge in [-0.15, -0.1) is 0 Å². The van der Waals surface area contributed by atoms with E-state index in [1.807, 2.05) is 0 Å². The molecule has 0 saturated heterocycles. The number of hydrogen-bond acceptors (Lipinski definition) is 6. The van der Waals surface area contributed by atoms with Crippen LogP contribution in [-0.2, 0) is 26.4 Å². The first-order chi connectivity index (χ1) is 8.43. The van der Waals surface area contributed by atoms with Crippen molar-refractivity contribution in [2.75, 3.05) is 12.8 Å². The zero-order valence-corrected chi connectivity index (χ0v) is 12.6. The lowest BCUT2D eigenvalue weighted by atomic mass is 10.2. The third-order valence-electron chi connectivity index (χ3n) is 2.77. The SMILES string of the molecule is CC(C)(CNCc1ccc(S(N)(=O)=O)o1)S(C)(=O)=O. The second kappa shape index (κ2) is 5.23. The lowest BCUT2D eigenvalue weighted by Crippen LogP contribution is -2.41. The van der Waals surface area contributed by atoms with E-state index in [1.165, 1.54) is 18.4 Å². The van der Waals surface area contributed by atoms with Crippen LogP contribution in [0.1, 0.15) is 19.6 Å². The van der Waals surface area contributed by atoms with Crippen molar-refractivity contribution >= 4 is 19.9 Å². The third-order valence-corrected chi connectivity index (χ3v) is 5.70. The molecular weight excluding hydrogens is 292 g/mol. The van der Waals surface area contributed by atoms with Crippen LogP contribution in [0, 0.1) is 0 Å². The van der Waals surface area contributed by atoms with Crippen LogP contribution in [0.15, 0.2) is 21.6 Å². The van der Waals surface area contributed by atoms with Gasteiger partial charge in [0.2, 0.25) is 5.09 Å². The molecule has 0 aliphatic heterocycles. The highest BCUT2D eigenvalue weighted by Crippen LogP contribution is 2.15. The third kappa shape index (κ3) is 4.30. The Kier molecular flexibility index (Phi) is 4.45. The molecule has 1 aromatic heterocycles. The highest BCUT2D eigenvalue weighted by Gasteiger charge is 2.29. The van der Waals surface area contributed by atoms with Crippen molar-refractivity contribution in [2.45, 2.75) is 30.2 Å². The summed E-state index contributed by atoms with van der Waals surface area (Å²) < 4.78 is 49.0. The van der Waals surface area contributed by atoms with Crippen molar-refractivity contribution in [1.82, 2.24) is 5.32 Å². The summed E-state index contributed by atoms with van der Waals surface area (Å²) in [6, 6.07) is 2.73. The first-order valence-corrected chi connectivity index (χ1v) is 8.89. The molecule has 7 nitrogen and oxygen atoms in total. The van der Waals surface area contributed by atoms with Crippen molar-refractivity contribution in [2.24, 2.45) is 5.14 Å². The Balaban J connectivity index is 2.63. The normalized spacial score (nSPS) is 13.7. The van der Waals surface area contributed by atoms with Crippen LogP contribution in [-0.4, -0.2) is 34.4 Å². The van der Waals surface area contributed by atoms with E-state index in [9.17, 15) is 16.8 Å². The van der Waals surface area contributed by atoms with Gasteiger partial charge in [0.25, 0.3) is 10.0 Å². The molecule has 0 radical (unpaired) electrons. The van der Waals surface area contributed by atoms with Crippen LogP contribution in [0.4, 0.5) is 0 Å². The number of nitrogens with one attached hydrogen (secondary N) is 1. The zero-order valence-electron chi connectivity index (χ0n) is 11.0. The Hall–Kier alpha value is -0.900. The molecule has 0 saturated carbocycles. The van der Waals surface area contributed by atoms with Crippen LogP contribution in [0.2, 0.25) is 0 Å². The summed E-state index contributed by atoms with van der Waals surface area (Å²) in [4.78, 5) is 0. The monoisotopic (exact) mass is 310 g/mol. The summed E-state index contributed by atoms with van der Waals surface area (Å²) in [5.41, 5.74) is 0. The van der Waals surface area contributed by atoms with Crippen LogP contribution in [0.25, 0.3) is 0 Å². The Morgan fingerprint density at radius 2 is 1.84 bits per heavy atom. The maximum atomic E-state index is 11.5. The Morgan fingerprint density at radius 3 is 2.26 bits per heavy atom. The van der Waals surface area contributed by atoms with E-state index >= 15 is 0 Å². The van der Waals surface area contributed by atoms with Gasteiger partial charge in [0.15, 0.2) is 9.84 Å². The van der Waals surface area contributed by atoms with Crippen molar-refractivity contribution in [3.8, 4) is 0 Å². The Morgan fingerprint density at radius 1 is 1.26 bits per heavy atom. The zero-order chi connectivity index (χ0) is 14.9. The van der Waals surface area contributed by atoms with Gasteiger partial charge in [-0.05, 0) is 26.0 Å². The first kappa shape index (κ1) is 16.2. The van der Waals surface area contributed by atoms with E-state index in [1.54, 1.807) is 13.8 Å². The van der Waals surface area contributed by atoms with E-state index in [4.69, 9.17) is 9.56 Å². The number of sulfonamides is 1. The number of nitrogens with two attached hydrogens (primary N) is 1. The van der Waals surface area contributed by atoms with E-state index in [0.717, 1.165) is 0 Å². The average Bonchev–Trinajstić information content (AvgIpc) is 2.63. The lowest BCUT2D eigenvalue weighted by molar-refractivity contribution is 0.398. The molecule has 110 valence electrons. The fraction of sp³-hybridized carbons (Fsp3) is 0.600. The number of sulfone groups is 1. The minimum absolute atomic E-state index is 0.217. The van der Waals surface area contributed by atoms with Crippen LogP contribution in [0.3, 0.4) is 0 Å². The molecule has 0 amide bonds. The van der Waals surface area contributed by atoms with E-state index in [2.05, 4.69) is 5.32 Å². The number of rotatable bonds is 6. The second-order valence-corrected chi connectivity index (χ2v) is 9.04. The van der Waals surface area contributed by atoms with E-state index < -0.39 is 24.6 Å². The minimum atomic E-state index is -3.85. The largest absolute Gasteiger partial charge is 0.447 e. The van der Waals surface area contributed by atoms with E-state index in [0.29, 0.717) is 5.76 Å². The maximum Gasteiger partial charge on any atom is 0.271 e. The summed E-state index contributed by atoms with van der Waals surface area (Å²) >= 11 is 0. The highest BCUT2D eigenvalue weighted by atomic mass is 32.2. The fourth-order valence-corrected chi connectivity index (χ4v) is 2.07. The fourth-order valence-electron chi connectivity index (χ4n) is 1.22.